The fourth-order valence-corrected chi connectivity index (χ4v) is 5.48. The van der Waals surface area contributed by atoms with Crippen LogP contribution in [-0.2, 0) is 6.54 Å². The van der Waals surface area contributed by atoms with Crippen molar-refractivity contribution in [3.8, 4) is 11.3 Å². The molecule has 3 heteroatoms. The molecule has 0 saturated heterocycles. The molecule has 3 unspecified atom stereocenters. The van der Waals surface area contributed by atoms with Gasteiger partial charge in [-0.1, -0.05) is 36.8 Å². The first-order valence-electron chi connectivity index (χ1n) is 8.04. The molecule has 0 radical (unpaired) electrons. The summed E-state index contributed by atoms with van der Waals surface area (Å²) in [5.41, 5.74) is 2.46. The molecule has 2 aliphatic rings. The lowest BCUT2D eigenvalue weighted by Crippen LogP contribution is -2.07. The average molecular weight is 298 g/mol. The van der Waals surface area contributed by atoms with Crippen molar-refractivity contribution in [1.29, 1.82) is 0 Å². The largest absolute Gasteiger partial charge is 0.315 e. The standard InChI is InChI=1S/C18H22N2S/c1-19-11-16-17(13-5-3-2-4-6-13)20-18(21-16)15-10-12-7-8-14(15)9-12/h2-6,12,14-15,19H,7-11H2,1H3. The number of nitrogens with zero attached hydrogens (tertiary/aromatic N) is 1. The number of nitrogens with one attached hydrogen (secondary N) is 1. The normalized spacial score (nSPS) is 27.4. The topological polar surface area (TPSA) is 24.9 Å². The monoisotopic (exact) mass is 298 g/mol. The van der Waals surface area contributed by atoms with Crippen LogP contribution in [0.2, 0.25) is 0 Å². The Labute approximate surface area is 130 Å². The zero-order chi connectivity index (χ0) is 14.2. The van der Waals surface area contributed by atoms with Crippen LogP contribution in [0.4, 0.5) is 0 Å². The van der Waals surface area contributed by atoms with Gasteiger partial charge >= 0.3 is 0 Å². The van der Waals surface area contributed by atoms with E-state index in [1.54, 1.807) is 0 Å². The molecule has 1 aromatic heterocycles. The molecule has 3 atom stereocenters. The lowest BCUT2D eigenvalue weighted by Gasteiger charge is -2.18. The first kappa shape index (κ1) is 13.5. The Kier molecular flexibility index (Phi) is 3.56. The van der Waals surface area contributed by atoms with Crippen molar-refractivity contribution in [2.75, 3.05) is 7.05 Å². The quantitative estimate of drug-likeness (QED) is 0.903. The van der Waals surface area contributed by atoms with Gasteiger partial charge in [0, 0.05) is 22.9 Å². The first-order valence-corrected chi connectivity index (χ1v) is 8.86. The number of fused-ring (bicyclic) bond motifs is 2. The SMILES string of the molecule is CNCc1sc(C2CC3CCC2C3)nc1-c1ccccc1. The number of benzene rings is 1. The van der Waals surface area contributed by atoms with Crippen LogP contribution < -0.4 is 5.32 Å². The van der Waals surface area contributed by atoms with Gasteiger partial charge in [-0.25, -0.2) is 4.98 Å². The van der Waals surface area contributed by atoms with E-state index in [-0.39, 0.29) is 0 Å². The van der Waals surface area contributed by atoms with Crippen molar-refractivity contribution >= 4 is 11.3 Å². The van der Waals surface area contributed by atoms with E-state index in [2.05, 4.69) is 35.6 Å². The van der Waals surface area contributed by atoms with E-state index in [1.807, 2.05) is 18.4 Å². The summed E-state index contributed by atoms with van der Waals surface area (Å²) in [6, 6.07) is 10.6. The molecule has 1 N–H and O–H groups in total. The molecule has 0 aliphatic heterocycles. The molecule has 21 heavy (non-hydrogen) atoms. The Hall–Kier alpha value is -1.19. The fourth-order valence-electron chi connectivity index (χ4n) is 4.18. The molecule has 2 aliphatic carbocycles. The molecule has 4 rings (SSSR count). The lowest BCUT2D eigenvalue weighted by atomic mass is 9.89. The second-order valence-electron chi connectivity index (χ2n) is 6.50. The van der Waals surface area contributed by atoms with E-state index in [4.69, 9.17) is 4.98 Å². The molecular formula is C18H22N2S. The summed E-state index contributed by atoms with van der Waals surface area (Å²) in [7, 11) is 2.02. The van der Waals surface area contributed by atoms with Gasteiger partial charge in [-0.05, 0) is 38.1 Å². The van der Waals surface area contributed by atoms with E-state index in [0.717, 1.165) is 24.3 Å². The molecular weight excluding hydrogens is 276 g/mol. The molecule has 110 valence electrons. The maximum absolute atomic E-state index is 5.08. The van der Waals surface area contributed by atoms with Crippen LogP contribution in [0, 0.1) is 11.8 Å². The van der Waals surface area contributed by atoms with Gasteiger partial charge in [0.25, 0.3) is 0 Å². The number of aromatic nitrogens is 1. The Morgan fingerprint density at radius 2 is 2.05 bits per heavy atom. The summed E-state index contributed by atoms with van der Waals surface area (Å²) in [5.74, 6) is 2.63. The predicted octanol–water partition coefficient (Wildman–Crippen LogP) is 4.43. The summed E-state index contributed by atoms with van der Waals surface area (Å²) < 4.78 is 0. The van der Waals surface area contributed by atoms with Crippen molar-refractivity contribution < 1.29 is 0 Å². The highest BCUT2D eigenvalue weighted by molar-refractivity contribution is 7.12. The average Bonchev–Trinajstić information content (AvgIpc) is 3.23. The van der Waals surface area contributed by atoms with Crippen molar-refractivity contribution in [3.63, 3.8) is 0 Å². The Bertz CT molecular complexity index is 619. The van der Waals surface area contributed by atoms with Crippen LogP contribution in [-0.4, -0.2) is 12.0 Å². The van der Waals surface area contributed by atoms with Crippen molar-refractivity contribution in [1.82, 2.24) is 10.3 Å². The van der Waals surface area contributed by atoms with Gasteiger partial charge in [0.2, 0.25) is 0 Å². The third kappa shape index (κ3) is 2.43. The second-order valence-corrected chi connectivity index (χ2v) is 7.62. The van der Waals surface area contributed by atoms with Crippen LogP contribution in [0.1, 0.15) is 41.5 Å². The molecule has 1 heterocycles. The number of thiazole rings is 1. The maximum Gasteiger partial charge on any atom is 0.0969 e. The third-order valence-electron chi connectivity index (χ3n) is 5.15. The Morgan fingerprint density at radius 1 is 1.19 bits per heavy atom. The molecule has 0 amide bonds. The van der Waals surface area contributed by atoms with E-state index >= 15 is 0 Å². The minimum atomic E-state index is 0.738. The zero-order valence-corrected chi connectivity index (χ0v) is 13.3. The highest BCUT2D eigenvalue weighted by Gasteiger charge is 2.41. The van der Waals surface area contributed by atoms with E-state index in [9.17, 15) is 0 Å². The second kappa shape index (κ2) is 5.54. The summed E-state index contributed by atoms with van der Waals surface area (Å²) in [5, 5.41) is 4.70. The van der Waals surface area contributed by atoms with E-state index < -0.39 is 0 Å². The van der Waals surface area contributed by atoms with Crippen LogP contribution in [0.3, 0.4) is 0 Å². The fraction of sp³-hybridized carbons (Fsp3) is 0.500. The van der Waals surface area contributed by atoms with E-state index in [0.29, 0.717) is 0 Å². The van der Waals surface area contributed by atoms with Gasteiger partial charge in [-0.2, -0.15) is 0 Å². The molecule has 2 saturated carbocycles. The molecule has 1 aromatic carbocycles. The third-order valence-corrected chi connectivity index (χ3v) is 6.34. The molecule has 2 nitrogen and oxygen atoms in total. The molecule has 0 spiro atoms. The number of hydrogen-bond donors (Lipinski definition) is 1. The van der Waals surface area contributed by atoms with Crippen molar-refractivity contribution in [3.05, 3.63) is 40.2 Å². The lowest BCUT2D eigenvalue weighted by molar-refractivity contribution is 0.419. The maximum atomic E-state index is 5.08. The minimum absolute atomic E-state index is 0.738. The zero-order valence-electron chi connectivity index (χ0n) is 12.5. The minimum Gasteiger partial charge on any atom is -0.315 e. The first-order chi connectivity index (χ1) is 10.3. The van der Waals surface area contributed by atoms with Gasteiger partial charge in [-0.15, -0.1) is 11.3 Å². The summed E-state index contributed by atoms with van der Waals surface area (Å²) in [6.45, 7) is 0.919. The van der Waals surface area contributed by atoms with Gasteiger partial charge in [0.05, 0.1) is 10.7 Å². The summed E-state index contributed by atoms with van der Waals surface area (Å²) in [4.78, 5) is 6.47. The van der Waals surface area contributed by atoms with Crippen molar-refractivity contribution in [2.24, 2.45) is 11.8 Å². The van der Waals surface area contributed by atoms with Crippen LogP contribution >= 0.6 is 11.3 Å². The smallest absolute Gasteiger partial charge is 0.0969 e. The predicted molar refractivity (Wildman–Crippen MR) is 88.5 cm³/mol. The van der Waals surface area contributed by atoms with Gasteiger partial charge in [0.15, 0.2) is 0 Å². The van der Waals surface area contributed by atoms with Gasteiger partial charge < -0.3 is 5.32 Å². The summed E-state index contributed by atoms with van der Waals surface area (Å²) in [6.07, 6.45) is 5.72. The highest BCUT2D eigenvalue weighted by atomic mass is 32.1. The number of hydrogen-bond acceptors (Lipinski definition) is 3. The molecule has 2 bridgehead atoms. The van der Waals surface area contributed by atoms with Crippen LogP contribution in [0.15, 0.2) is 30.3 Å². The molecule has 2 fully saturated rings. The van der Waals surface area contributed by atoms with Gasteiger partial charge in [-0.3, -0.25) is 0 Å². The van der Waals surface area contributed by atoms with Gasteiger partial charge in [0.1, 0.15) is 0 Å². The number of rotatable bonds is 4. The summed E-state index contributed by atoms with van der Waals surface area (Å²) >= 11 is 1.94. The van der Waals surface area contributed by atoms with Crippen molar-refractivity contribution in [2.45, 2.75) is 38.1 Å². The highest BCUT2D eigenvalue weighted by Crippen LogP contribution is 2.54. The Balaban J connectivity index is 1.70. The van der Waals surface area contributed by atoms with E-state index in [1.165, 1.54) is 46.8 Å². The molecule has 2 aromatic rings. The van der Waals surface area contributed by atoms with Crippen LogP contribution in [0.5, 0.6) is 0 Å². The van der Waals surface area contributed by atoms with Crippen LogP contribution in [0.25, 0.3) is 11.3 Å². The Morgan fingerprint density at radius 3 is 2.71 bits per heavy atom.